The Morgan fingerprint density at radius 3 is 2.68 bits per heavy atom. The van der Waals surface area contributed by atoms with Gasteiger partial charge in [-0.2, -0.15) is 11.8 Å². The largest absolute Gasteiger partial charge is 0.384 e. The van der Waals surface area contributed by atoms with Crippen LogP contribution in [0.2, 0.25) is 5.02 Å². The first-order valence-corrected chi connectivity index (χ1v) is 8.09. The molecule has 0 saturated heterocycles. The molecular formula is C13H19ClN2O2S. The van der Waals surface area contributed by atoms with Crippen LogP contribution in [0.1, 0.15) is 25.7 Å². The molecule has 0 fully saturated rings. The topological polar surface area (TPSA) is 55.2 Å². The molecule has 4 nitrogen and oxygen atoms in total. The average molecular weight is 303 g/mol. The van der Waals surface area contributed by atoms with Crippen molar-refractivity contribution in [3.63, 3.8) is 0 Å². The van der Waals surface area contributed by atoms with Gasteiger partial charge in [0.1, 0.15) is 0 Å². The molecule has 1 N–H and O–H groups in total. The smallest absolute Gasteiger partial charge is 0.271 e. The normalized spacial score (nSPS) is 10.4. The Hall–Kier alpha value is -0.940. The number of nitrogens with zero attached hydrogens (tertiary/aromatic N) is 1. The fraction of sp³-hybridized carbons (Fsp3) is 0.538. The van der Waals surface area contributed by atoms with Crippen molar-refractivity contribution in [2.75, 3.05) is 23.9 Å². The molecule has 0 aliphatic rings. The Labute approximate surface area is 123 Å². The van der Waals surface area contributed by atoms with E-state index < -0.39 is 4.92 Å². The van der Waals surface area contributed by atoms with Gasteiger partial charge in [0.05, 0.1) is 15.6 Å². The molecule has 0 bridgehead atoms. The summed E-state index contributed by atoms with van der Waals surface area (Å²) in [6.07, 6.45) is 6.91. The van der Waals surface area contributed by atoms with Crippen LogP contribution in [0.5, 0.6) is 0 Å². The van der Waals surface area contributed by atoms with Crippen molar-refractivity contribution in [3.05, 3.63) is 33.3 Å². The lowest BCUT2D eigenvalue weighted by molar-refractivity contribution is -0.384. The number of rotatable bonds is 9. The molecule has 1 aromatic carbocycles. The lowest BCUT2D eigenvalue weighted by Crippen LogP contribution is -2.02. The maximum absolute atomic E-state index is 10.6. The highest BCUT2D eigenvalue weighted by molar-refractivity contribution is 7.98. The van der Waals surface area contributed by atoms with E-state index in [2.05, 4.69) is 11.6 Å². The number of unbranched alkanes of at least 4 members (excludes halogenated alkanes) is 3. The Kier molecular flexibility index (Phi) is 7.67. The number of anilines is 1. The molecule has 1 rings (SSSR count). The molecule has 0 heterocycles. The summed E-state index contributed by atoms with van der Waals surface area (Å²) in [6.45, 7) is 0.844. The van der Waals surface area contributed by atoms with Crippen LogP contribution in [0.25, 0.3) is 0 Å². The van der Waals surface area contributed by atoms with E-state index in [4.69, 9.17) is 11.6 Å². The minimum Gasteiger partial charge on any atom is -0.384 e. The van der Waals surface area contributed by atoms with Crippen LogP contribution in [-0.4, -0.2) is 23.5 Å². The first-order valence-electron chi connectivity index (χ1n) is 6.32. The summed E-state index contributed by atoms with van der Waals surface area (Å²) in [6, 6.07) is 4.50. The predicted molar refractivity (Wildman–Crippen MR) is 83.4 cm³/mol. The Bertz CT molecular complexity index is 416. The maximum Gasteiger partial charge on any atom is 0.271 e. The minimum absolute atomic E-state index is 0.0209. The van der Waals surface area contributed by atoms with E-state index in [0.717, 1.165) is 18.7 Å². The van der Waals surface area contributed by atoms with Gasteiger partial charge in [-0.15, -0.1) is 0 Å². The average Bonchev–Trinajstić information content (AvgIpc) is 2.39. The third kappa shape index (κ3) is 6.16. The SMILES string of the molecule is CSCCCCCCNc1ccc([N+](=O)[O-])cc1Cl. The number of halogens is 1. The van der Waals surface area contributed by atoms with E-state index >= 15 is 0 Å². The first-order chi connectivity index (χ1) is 9.15. The van der Waals surface area contributed by atoms with Gasteiger partial charge in [-0.1, -0.05) is 24.4 Å². The number of nitro benzene ring substituents is 1. The molecule has 0 spiro atoms. The molecule has 106 valence electrons. The van der Waals surface area contributed by atoms with E-state index in [1.165, 1.54) is 37.1 Å². The quantitative estimate of drug-likeness (QED) is 0.412. The second-order valence-corrected chi connectivity index (χ2v) is 5.65. The molecular weight excluding hydrogens is 284 g/mol. The van der Waals surface area contributed by atoms with Crippen LogP contribution in [0.15, 0.2) is 18.2 Å². The van der Waals surface area contributed by atoms with Gasteiger partial charge in [-0.05, 0) is 30.9 Å². The molecule has 0 atom stereocenters. The maximum atomic E-state index is 10.6. The van der Waals surface area contributed by atoms with E-state index in [1.807, 2.05) is 11.8 Å². The molecule has 0 aromatic heterocycles. The molecule has 0 saturated carbocycles. The molecule has 6 heteroatoms. The van der Waals surface area contributed by atoms with Crippen molar-refractivity contribution in [1.82, 2.24) is 0 Å². The van der Waals surface area contributed by atoms with Crippen molar-refractivity contribution in [2.24, 2.45) is 0 Å². The summed E-state index contributed by atoms with van der Waals surface area (Å²) in [7, 11) is 0. The highest BCUT2D eigenvalue weighted by Crippen LogP contribution is 2.26. The van der Waals surface area contributed by atoms with Crippen molar-refractivity contribution in [2.45, 2.75) is 25.7 Å². The molecule has 0 radical (unpaired) electrons. The third-order valence-corrected chi connectivity index (χ3v) is 3.76. The number of hydrogen-bond donors (Lipinski definition) is 1. The molecule has 19 heavy (non-hydrogen) atoms. The number of nitro groups is 1. The van der Waals surface area contributed by atoms with E-state index in [0.29, 0.717) is 5.02 Å². The summed E-state index contributed by atoms with van der Waals surface area (Å²) in [5, 5.41) is 14.2. The summed E-state index contributed by atoms with van der Waals surface area (Å²) < 4.78 is 0. The van der Waals surface area contributed by atoms with Gasteiger partial charge in [-0.3, -0.25) is 10.1 Å². The first kappa shape index (κ1) is 16.1. The zero-order valence-corrected chi connectivity index (χ0v) is 12.6. The van der Waals surface area contributed by atoms with Crippen molar-refractivity contribution in [1.29, 1.82) is 0 Å². The van der Waals surface area contributed by atoms with Gasteiger partial charge in [0.25, 0.3) is 5.69 Å². The fourth-order valence-electron chi connectivity index (χ4n) is 1.71. The molecule has 0 aliphatic heterocycles. The number of thioether (sulfide) groups is 1. The van der Waals surface area contributed by atoms with Crippen LogP contribution in [0, 0.1) is 10.1 Å². The Morgan fingerprint density at radius 2 is 2.05 bits per heavy atom. The molecule has 0 unspecified atom stereocenters. The van der Waals surface area contributed by atoms with Gasteiger partial charge in [0.2, 0.25) is 0 Å². The Balaban J connectivity index is 2.28. The van der Waals surface area contributed by atoms with E-state index in [9.17, 15) is 10.1 Å². The fourth-order valence-corrected chi connectivity index (χ4v) is 2.44. The van der Waals surface area contributed by atoms with Gasteiger partial charge < -0.3 is 5.32 Å². The summed E-state index contributed by atoms with van der Waals surface area (Å²) >= 11 is 7.86. The van der Waals surface area contributed by atoms with Gasteiger partial charge in [-0.25, -0.2) is 0 Å². The zero-order valence-electron chi connectivity index (χ0n) is 11.0. The lowest BCUT2D eigenvalue weighted by atomic mass is 10.2. The number of non-ortho nitro benzene ring substituents is 1. The highest BCUT2D eigenvalue weighted by atomic mass is 35.5. The van der Waals surface area contributed by atoms with Crippen molar-refractivity contribution in [3.8, 4) is 0 Å². The van der Waals surface area contributed by atoms with Gasteiger partial charge in [0, 0.05) is 18.7 Å². The van der Waals surface area contributed by atoms with Crippen LogP contribution in [0.4, 0.5) is 11.4 Å². The zero-order chi connectivity index (χ0) is 14.1. The second kappa shape index (κ2) is 9.04. The standard InChI is InChI=1S/C13H19ClN2O2S/c1-19-9-5-3-2-4-8-15-13-7-6-11(16(17)18)10-12(13)14/h6-7,10,15H,2-5,8-9H2,1H3. The van der Waals surface area contributed by atoms with Crippen LogP contribution in [0.3, 0.4) is 0 Å². The van der Waals surface area contributed by atoms with Crippen LogP contribution < -0.4 is 5.32 Å². The monoisotopic (exact) mass is 302 g/mol. The summed E-state index contributed by atoms with van der Waals surface area (Å²) in [4.78, 5) is 10.1. The van der Waals surface area contributed by atoms with Crippen LogP contribution in [-0.2, 0) is 0 Å². The summed E-state index contributed by atoms with van der Waals surface area (Å²) in [5.41, 5.74) is 0.781. The third-order valence-electron chi connectivity index (χ3n) is 2.75. The predicted octanol–water partition coefficient (Wildman–Crippen LogP) is 4.58. The van der Waals surface area contributed by atoms with E-state index in [1.54, 1.807) is 6.07 Å². The molecule has 0 aliphatic carbocycles. The molecule has 0 amide bonds. The van der Waals surface area contributed by atoms with Crippen molar-refractivity contribution < 1.29 is 4.92 Å². The lowest BCUT2D eigenvalue weighted by Gasteiger charge is -2.08. The Morgan fingerprint density at radius 1 is 1.32 bits per heavy atom. The minimum atomic E-state index is -0.443. The van der Waals surface area contributed by atoms with Gasteiger partial charge >= 0.3 is 0 Å². The van der Waals surface area contributed by atoms with E-state index in [-0.39, 0.29) is 5.69 Å². The second-order valence-electron chi connectivity index (χ2n) is 4.26. The van der Waals surface area contributed by atoms with Crippen molar-refractivity contribution >= 4 is 34.7 Å². The van der Waals surface area contributed by atoms with Gasteiger partial charge in [0.15, 0.2) is 0 Å². The summed E-state index contributed by atoms with van der Waals surface area (Å²) in [5.74, 6) is 1.22. The number of benzene rings is 1. The number of nitrogens with one attached hydrogen (secondary N) is 1. The number of hydrogen-bond acceptors (Lipinski definition) is 4. The highest BCUT2D eigenvalue weighted by Gasteiger charge is 2.08. The molecule has 1 aromatic rings. The van der Waals surface area contributed by atoms with Crippen LogP contribution >= 0.6 is 23.4 Å².